The molecule has 0 amide bonds. The maximum Gasteiger partial charge on any atom is 0.258 e. The van der Waals surface area contributed by atoms with Crippen LogP contribution in [0.4, 0.5) is 0 Å². The summed E-state index contributed by atoms with van der Waals surface area (Å²) < 4.78 is 0. The molecule has 5 nitrogen and oxygen atoms in total. The number of hydrogen-bond donors (Lipinski definition) is 2. The van der Waals surface area contributed by atoms with Crippen molar-refractivity contribution in [3.05, 3.63) is 34.4 Å². The summed E-state index contributed by atoms with van der Waals surface area (Å²) in [7, 11) is 0. The van der Waals surface area contributed by atoms with Gasteiger partial charge in [-0.05, 0) is 31.6 Å². The molecule has 1 aromatic carbocycles. The van der Waals surface area contributed by atoms with Gasteiger partial charge in [-0.2, -0.15) is 0 Å². The second-order valence-corrected chi connectivity index (χ2v) is 4.87. The van der Waals surface area contributed by atoms with Gasteiger partial charge in [-0.3, -0.25) is 4.79 Å². The second kappa shape index (κ2) is 6.52. The summed E-state index contributed by atoms with van der Waals surface area (Å²) >= 11 is 0. The molecule has 0 saturated heterocycles. The van der Waals surface area contributed by atoms with Gasteiger partial charge in [0.15, 0.2) is 0 Å². The fraction of sp³-hybridized carbons (Fsp3) is 0.467. The Morgan fingerprint density at radius 3 is 2.80 bits per heavy atom. The van der Waals surface area contributed by atoms with Gasteiger partial charge in [0.05, 0.1) is 5.39 Å². The first-order valence-electron chi connectivity index (χ1n) is 7.09. The number of nitrogens with zero attached hydrogens (tertiary/aromatic N) is 2. The normalized spacial score (nSPS) is 11.3. The summed E-state index contributed by atoms with van der Waals surface area (Å²) in [6.45, 7) is 7.15. The minimum absolute atomic E-state index is 0.0516. The number of aromatic nitrogens is 2. The van der Waals surface area contributed by atoms with Gasteiger partial charge in [0.25, 0.3) is 5.56 Å². The van der Waals surface area contributed by atoms with Crippen molar-refractivity contribution in [2.45, 2.75) is 26.7 Å². The average molecular weight is 275 g/mol. The van der Waals surface area contributed by atoms with Crippen LogP contribution < -0.4 is 5.56 Å². The number of phenols is 1. The molecule has 0 aliphatic carbocycles. The topological polar surface area (TPSA) is 69.2 Å². The van der Waals surface area contributed by atoms with E-state index in [0.29, 0.717) is 23.1 Å². The first-order chi connectivity index (χ1) is 9.65. The predicted octanol–water partition coefficient (Wildman–Crippen LogP) is 1.90. The van der Waals surface area contributed by atoms with Crippen molar-refractivity contribution >= 4 is 10.9 Å². The number of likely N-dealkylation sites (N-methyl/N-ethyl adjacent to an activating group) is 1. The third kappa shape index (κ3) is 3.17. The molecule has 0 bridgehead atoms. The maximum absolute atomic E-state index is 12.0. The van der Waals surface area contributed by atoms with Crippen LogP contribution in [-0.4, -0.2) is 39.6 Å². The van der Waals surface area contributed by atoms with E-state index in [4.69, 9.17) is 0 Å². The Bertz CT molecular complexity index is 637. The number of nitrogens with one attached hydrogen (secondary N) is 1. The fourth-order valence-corrected chi connectivity index (χ4v) is 2.32. The lowest BCUT2D eigenvalue weighted by Gasteiger charge is -2.18. The minimum atomic E-state index is -0.195. The zero-order valence-corrected chi connectivity index (χ0v) is 12.0. The van der Waals surface area contributed by atoms with E-state index in [1.165, 1.54) is 0 Å². The van der Waals surface area contributed by atoms with Crippen molar-refractivity contribution in [1.82, 2.24) is 14.9 Å². The molecule has 5 heteroatoms. The third-order valence-corrected chi connectivity index (χ3v) is 3.42. The quantitative estimate of drug-likeness (QED) is 0.845. The van der Waals surface area contributed by atoms with Gasteiger partial charge >= 0.3 is 0 Å². The Morgan fingerprint density at radius 1 is 1.30 bits per heavy atom. The fourth-order valence-electron chi connectivity index (χ4n) is 2.32. The molecular formula is C15H21N3O2. The molecule has 20 heavy (non-hydrogen) atoms. The number of benzene rings is 1. The predicted molar refractivity (Wildman–Crippen MR) is 80.1 cm³/mol. The van der Waals surface area contributed by atoms with Gasteiger partial charge in [0, 0.05) is 13.0 Å². The summed E-state index contributed by atoms with van der Waals surface area (Å²) in [5.41, 5.74) is 0.184. The van der Waals surface area contributed by atoms with Crippen LogP contribution in [-0.2, 0) is 6.42 Å². The largest absolute Gasteiger partial charge is 0.506 e. The standard InChI is InChI=1S/C15H21N3O2/c1-3-9-18(4-2)10-8-13-16-14-11(15(20)17-13)6-5-7-12(14)19/h5-7,19H,3-4,8-10H2,1-2H3,(H,16,17,20). The highest BCUT2D eigenvalue weighted by atomic mass is 16.3. The average Bonchev–Trinajstić information content (AvgIpc) is 2.44. The Morgan fingerprint density at radius 2 is 2.10 bits per heavy atom. The van der Waals surface area contributed by atoms with Crippen LogP contribution in [0.1, 0.15) is 26.1 Å². The third-order valence-electron chi connectivity index (χ3n) is 3.42. The van der Waals surface area contributed by atoms with E-state index in [1.54, 1.807) is 18.2 Å². The van der Waals surface area contributed by atoms with Crippen LogP contribution in [0.15, 0.2) is 23.0 Å². The second-order valence-electron chi connectivity index (χ2n) is 4.87. The van der Waals surface area contributed by atoms with Gasteiger partial charge in [-0.25, -0.2) is 4.98 Å². The van der Waals surface area contributed by atoms with Crippen molar-refractivity contribution in [3.63, 3.8) is 0 Å². The van der Waals surface area contributed by atoms with Gasteiger partial charge in [-0.1, -0.05) is 19.9 Å². The van der Waals surface area contributed by atoms with Gasteiger partial charge in [-0.15, -0.1) is 0 Å². The highest BCUT2D eigenvalue weighted by Crippen LogP contribution is 2.19. The van der Waals surface area contributed by atoms with Gasteiger partial charge in [0.2, 0.25) is 0 Å². The molecule has 0 radical (unpaired) electrons. The van der Waals surface area contributed by atoms with Crippen LogP contribution in [0, 0.1) is 0 Å². The van der Waals surface area contributed by atoms with Crippen LogP contribution >= 0.6 is 0 Å². The van der Waals surface area contributed by atoms with Crippen molar-refractivity contribution in [2.24, 2.45) is 0 Å². The lowest BCUT2D eigenvalue weighted by molar-refractivity contribution is 0.290. The first kappa shape index (κ1) is 14.5. The number of aromatic hydroxyl groups is 1. The van der Waals surface area contributed by atoms with Crippen molar-refractivity contribution in [1.29, 1.82) is 0 Å². The number of rotatable bonds is 6. The zero-order chi connectivity index (χ0) is 14.5. The first-order valence-corrected chi connectivity index (χ1v) is 7.09. The van der Waals surface area contributed by atoms with Crippen LogP contribution in [0.2, 0.25) is 0 Å². The molecule has 0 saturated carbocycles. The zero-order valence-electron chi connectivity index (χ0n) is 12.0. The highest BCUT2D eigenvalue weighted by molar-refractivity contribution is 5.83. The van der Waals surface area contributed by atoms with E-state index >= 15 is 0 Å². The molecule has 2 rings (SSSR count). The van der Waals surface area contributed by atoms with Crippen LogP contribution in [0.5, 0.6) is 5.75 Å². The monoisotopic (exact) mass is 275 g/mol. The number of hydrogen-bond acceptors (Lipinski definition) is 4. The number of para-hydroxylation sites is 1. The van der Waals surface area contributed by atoms with E-state index in [1.807, 2.05) is 0 Å². The van der Waals surface area contributed by atoms with E-state index < -0.39 is 0 Å². The minimum Gasteiger partial charge on any atom is -0.506 e. The SMILES string of the molecule is CCCN(CC)CCc1nc2c(O)cccc2c(=O)[nH]1. The van der Waals surface area contributed by atoms with E-state index in [2.05, 4.69) is 28.7 Å². The molecule has 2 aromatic rings. The summed E-state index contributed by atoms with van der Waals surface area (Å²) in [4.78, 5) is 21.5. The van der Waals surface area contributed by atoms with Crippen LogP contribution in [0.3, 0.4) is 0 Å². The molecule has 0 fully saturated rings. The molecule has 1 aromatic heterocycles. The molecular weight excluding hydrogens is 254 g/mol. The maximum atomic E-state index is 12.0. The Balaban J connectivity index is 2.23. The summed E-state index contributed by atoms with van der Waals surface area (Å²) in [6, 6.07) is 4.86. The molecule has 0 aliphatic heterocycles. The molecule has 0 aliphatic rings. The number of phenolic OH excluding ortho intramolecular Hbond substituents is 1. The Labute approximate surface area is 118 Å². The highest BCUT2D eigenvalue weighted by Gasteiger charge is 2.08. The molecule has 108 valence electrons. The Kier molecular flexibility index (Phi) is 4.74. The van der Waals surface area contributed by atoms with Gasteiger partial charge < -0.3 is 15.0 Å². The van der Waals surface area contributed by atoms with Crippen molar-refractivity contribution in [2.75, 3.05) is 19.6 Å². The molecule has 1 heterocycles. The summed E-state index contributed by atoms with van der Waals surface area (Å²) in [5, 5.41) is 10.2. The summed E-state index contributed by atoms with van der Waals surface area (Å²) in [6.07, 6.45) is 1.78. The van der Waals surface area contributed by atoms with Crippen LogP contribution in [0.25, 0.3) is 10.9 Å². The van der Waals surface area contributed by atoms with E-state index in [9.17, 15) is 9.90 Å². The van der Waals surface area contributed by atoms with Gasteiger partial charge in [0.1, 0.15) is 17.1 Å². The van der Waals surface area contributed by atoms with Crippen molar-refractivity contribution in [3.8, 4) is 5.75 Å². The number of aromatic amines is 1. The Hall–Kier alpha value is -1.88. The molecule has 0 spiro atoms. The molecule has 2 N–H and O–H groups in total. The number of fused-ring (bicyclic) bond motifs is 1. The van der Waals surface area contributed by atoms with E-state index in [-0.39, 0.29) is 11.3 Å². The number of H-pyrrole nitrogens is 1. The smallest absolute Gasteiger partial charge is 0.258 e. The molecule has 0 atom stereocenters. The lowest BCUT2D eigenvalue weighted by Crippen LogP contribution is -2.27. The molecule has 0 unspecified atom stereocenters. The van der Waals surface area contributed by atoms with E-state index in [0.717, 1.165) is 26.1 Å². The van der Waals surface area contributed by atoms with Crippen molar-refractivity contribution < 1.29 is 5.11 Å². The summed E-state index contributed by atoms with van der Waals surface area (Å²) in [5.74, 6) is 0.675. The lowest BCUT2D eigenvalue weighted by atomic mass is 10.2.